The van der Waals surface area contributed by atoms with Crippen LogP contribution in [-0.4, -0.2) is 72.6 Å². The fourth-order valence-corrected chi connectivity index (χ4v) is 21.4. The van der Waals surface area contributed by atoms with Crippen LogP contribution in [0.2, 0.25) is 0 Å². The van der Waals surface area contributed by atoms with Gasteiger partial charge in [0.25, 0.3) is 0 Å². The number of furan rings is 5. The van der Waals surface area contributed by atoms with Gasteiger partial charge in [-0.1, -0.05) is 224 Å². The monoisotopic (exact) mass is 1850 g/mol. The van der Waals surface area contributed by atoms with E-state index in [0.717, 1.165) is 224 Å². The van der Waals surface area contributed by atoms with Crippen LogP contribution in [-0.2, 0) is 0 Å². The number of aromatic nitrogens is 6. The maximum Gasteiger partial charge on any atom is 0.178 e. The van der Waals surface area contributed by atoms with Crippen molar-refractivity contribution in [1.82, 2.24) is 34.8 Å². The molecule has 0 radical (unpaired) electrons. The molecule has 21 nitrogen and oxygen atoms in total. The van der Waals surface area contributed by atoms with Gasteiger partial charge in [0.05, 0.1) is 39.8 Å². The molecule has 21 heteroatoms. The van der Waals surface area contributed by atoms with E-state index < -0.39 is 6.98 Å². The number of anilines is 17. The Labute approximate surface area is 819 Å². The van der Waals surface area contributed by atoms with E-state index in [1.165, 1.54) is 16.0 Å². The van der Waals surface area contributed by atoms with Gasteiger partial charge in [-0.25, -0.2) is 29.9 Å². The average molecular weight is 1850 g/mol. The van der Waals surface area contributed by atoms with Gasteiger partial charge in [0, 0.05) is 137 Å². The maximum atomic E-state index is 7.67. The molecule has 0 N–H and O–H groups in total. The van der Waals surface area contributed by atoms with Gasteiger partial charge >= 0.3 is 0 Å². The van der Waals surface area contributed by atoms with Crippen molar-refractivity contribution in [3.05, 3.63) is 405 Å². The highest BCUT2D eigenvalue weighted by Gasteiger charge is 2.44. The molecule has 690 valence electrons. The van der Waals surface area contributed by atoms with Crippen molar-refractivity contribution in [1.29, 1.82) is 0 Å². The van der Waals surface area contributed by atoms with E-state index in [4.69, 9.17) is 46.1 Å². The highest BCUT2D eigenvalue weighted by Crippen LogP contribution is 2.56. The second-order valence-electron chi connectivity index (χ2n) is 36.2. The zero-order valence-electron chi connectivity index (χ0n) is 82.4. The first-order valence-electron chi connectivity index (χ1n) is 49.2. The number of benzene rings is 14. The van der Waals surface area contributed by atoms with Gasteiger partial charge in [0.15, 0.2) is 62.8 Å². The quantitative estimate of drug-likeness (QED) is 0.133. The lowest BCUT2D eigenvalue weighted by molar-refractivity contribution is 0.383. The Balaban J connectivity index is 0.0000000971. The Bertz CT molecular complexity index is 8030. The maximum absolute atomic E-state index is 7.67. The third-order valence-electron chi connectivity index (χ3n) is 27.9. The fourth-order valence-electron chi connectivity index (χ4n) is 21.4. The van der Waals surface area contributed by atoms with Crippen LogP contribution in [0.5, 0.6) is 0 Å². The van der Waals surface area contributed by atoms with Crippen molar-refractivity contribution in [2.75, 3.05) is 51.1 Å². The van der Waals surface area contributed by atoms with E-state index in [1.807, 2.05) is 183 Å². The fraction of sp³-hybridized carbons (Fsp3) is 0.133. The standard InChI is InChI=1S/2C26H21N3O.2C25H20N4O.C18H18N2O/c1-17-14-15-21-20-11-6-7-13-23(20)30-25(21)24(17)29-18(2)28(19-9-4-3-5-10-19)26-22(29)12-8-16-27-26;1-17-14-15-21-20-11-6-7-13-23(20)30-25(21)24(17)29-18(2)28(19-9-4-3-5-10-19)22-12-8-16-27-26(22)29;2*1-16-12-13-20-19-10-6-7-11-21(19)30-23(20)22(16)29-17(2)28(18-8-4-3-5-9-18)24-25(29)27-15-14-26-24;1-12-8-9-15-14-6-4-5-7-16(14)21-18(15)17(12)20-11-10-19(3)13(20)2/h2*3-16,18H,1-2H3;2*3-15,17H,1-2H3;4-11,13H,1-3H3/i;;;;3D3. The molecule has 5 unspecified atom stereocenters. The number of aryl methyl sites for hydroxylation is 5. The van der Waals surface area contributed by atoms with Crippen molar-refractivity contribution in [3.8, 4) is 0 Å². The first-order chi connectivity index (χ1) is 70.3. The van der Waals surface area contributed by atoms with Crippen molar-refractivity contribution < 1.29 is 26.2 Å². The molecule has 14 aromatic carbocycles. The second kappa shape index (κ2) is 35.1. The van der Waals surface area contributed by atoms with Crippen molar-refractivity contribution in [2.24, 2.45) is 0 Å². The van der Waals surface area contributed by atoms with E-state index in [0.29, 0.717) is 0 Å². The zero-order valence-corrected chi connectivity index (χ0v) is 79.4. The van der Waals surface area contributed by atoms with E-state index in [1.54, 1.807) is 31.0 Å². The number of hydrogen-bond donors (Lipinski definition) is 0. The number of pyridine rings is 2. The predicted molar refractivity (Wildman–Crippen MR) is 574 cm³/mol. The van der Waals surface area contributed by atoms with Crippen LogP contribution in [0.1, 0.15) is 66.5 Å². The summed E-state index contributed by atoms with van der Waals surface area (Å²) in [5, 5.41) is 11.1. The summed E-state index contributed by atoms with van der Waals surface area (Å²) in [6, 6.07) is 112. The Morgan fingerprint density at radius 1 is 0.213 bits per heavy atom. The van der Waals surface area contributed by atoms with Gasteiger partial charge in [-0.15, -0.1) is 0 Å². The van der Waals surface area contributed by atoms with Crippen molar-refractivity contribution in [2.45, 2.75) is 100 Å². The highest BCUT2D eigenvalue weighted by molar-refractivity contribution is 6.16. The molecular weight excluding hydrogens is 1750 g/mol. The molecule has 5 atom stereocenters. The zero-order chi connectivity index (χ0) is 98.0. The Hall–Kier alpha value is -17.7. The van der Waals surface area contributed by atoms with Gasteiger partial charge in [0.2, 0.25) is 0 Å². The summed E-state index contributed by atoms with van der Waals surface area (Å²) in [6.45, 7) is 19.1. The normalized spacial score (nSPS) is 16.6. The summed E-state index contributed by atoms with van der Waals surface area (Å²) in [5.41, 5.74) is 26.3. The van der Waals surface area contributed by atoms with Crippen LogP contribution in [0, 0.1) is 34.6 Å². The third-order valence-corrected chi connectivity index (χ3v) is 27.9. The molecule has 9 aromatic heterocycles. The molecule has 14 heterocycles. The topological polar surface area (TPSA) is 175 Å². The molecule has 0 spiro atoms. The lowest BCUT2D eigenvalue weighted by Gasteiger charge is -2.30. The van der Waals surface area contributed by atoms with Crippen LogP contribution in [0.3, 0.4) is 0 Å². The number of hydrogen-bond acceptors (Lipinski definition) is 21. The van der Waals surface area contributed by atoms with E-state index in [2.05, 4.69) is 287 Å². The summed E-state index contributed by atoms with van der Waals surface area (Å²) in [5.74, 6) is 5.29. The number of fused-ring (bicyclic) bond motifs is 19. The number of para-hydroxylation sites is 9. The van der Waals surface area contributed by atoms with Crippen LogP contribution in [0.15, 0.2) is 399 Å². The van der Waals surface area contributed by atoms with Crippen molar-refractivity contribution in [3.63, 3.8) is 0 Å². The summed E-state index contributed by atoms with van der Waals surface area (Å²) >= 11 is 0. The largest absolute Gasteiger partial charge is 0.454 e. The lowest BCUT2D eigenvalue weighted by Crippen LogP contribution is -2.36. The molecule has 141 heavy (non-hydrogen) atoms. The smallest absolute Gasteiger partial charge is 0.178 e. The first-order valence-corrected chi connectivity index (χ1v) is 47.7. The summed E-state index contributed by atoms with van der Waals surface area (Å²) in [7, 11) is 0. The number of nitrogens with zero attached hydrogens (tertiary/aromatic N) is 16. The first kappa shape index (κ1) is 82.7. The summed E-state index contributed by atoms with van der Waals surface area (Å²) in [6.07, 6.45) is 13.9. The van der Waals surface area contributed by atoms with Gasteiger partial charge < -0.3 is 56.4 Å². The Morgan fingerprint density at radius 2 is 0.461 bits per heavy atom. The second-order valence-corrected chi connectivity index (χ2v) is 36.2. The summed E-state index contributed by atoms with van der Waals surface area (Å²) in [4.78, 5) is 49.9. The third kappa shape index (κ3) is 14.3. The molecule has 5 aliphatic rings. The predicted octanol–water partition coefficient (Wildman–Crippen LogP) is 31.0. The van der Waals surface area contributed by atoms with Crippen LogP contribution in [0.25, 0.3) is 110 Å². The molecule has 0 bridgehead atoms. The van der Waals surface area contributed by atoms with Crippen LogP contribution < -0.4 is 44.1 Å². The molecule has 0 fully saturated rings. The molecular formula is C120H100N16O5. The molecule has 0 aliphatic carbocycles. The molecule has 0 saturated heterocycles. The van der Waals surface area contributed by atoms with Gasteiger partial charge in [-0.05, 0) is 200 Å². The van der Waals surface area contributed by atoms with Crippen LogP contribution >= 0.6 is 0 Å². The minimum Gasteiger partial charge on any atom is -0.454 e. The van der Waals surface area contributed by atoms with Gasteiger partial charge in [0.1, 0.15) is 58.7 Å². The molecule has 0 amide bonds. The van der Waals surface area contributed by atoms with E-state index >= 15 is 0 Å². The van der Waals surface area contributed by atoms with Crippen molar-refractivity contribution >= 4 is 207 Å². The Kier molecular flexibility index (Phi) is 20.6. The highest BCUT2D eigenvalue weighted by atomic mass is 16.3. The average Bonchev–Trinajstić information content (AvgIpc) is 1.58. The van der Waals surface area contributed by atoms with E-state index in [9.17, 15) is 0 Å². The molecule has 28 rings (SSSR count). The molecule has 23 aromatic rings. The number of rotatable bonds is 9. The van der Waals surface area contributed by atoms with Gasteiger partial charge in [-0.3, -0.25) is 14.7 Å². The summed E-state index contributed by atoms with van der Waals surface area (Å²) < 4.78 is 54.7. The van der Waals surface area contributed by atoms with Gasteiger partial charge in [-0.2, -0.15) is 0 Å². The minimum atomic E-state index is -2.17. The van der Waals surface area contributed by atoms with Crippen LogP contribution in [0.4, 0.5) is 97.5 Å². The van der Waals surface area contributed by atoms with E-state index in [-0.39, 0.29) is 30.8 Å². The SMILES string of the molecule is Cc1ccc2c(oc3ccccc32)c1N1c2cccnc2N(c2ccccc2)C1C.Cc1ccc2c(oc3ccccc32)c1N1c2ncccc2N(c2ccccc2)C1C.Cc1ccc2c(oc3ccccc32)c1N1c2nccnc2N(c2ccccc2)C1C.Cc1ccc2c(oc3ccccc32)c1N1c2nccnc2N(c2ccccc2)C1C.[2H]C([2H])([2H])N1C=CN(c2c(C)ccc3c2oc2ccccc23)C1C. The molecule has 0 saturated carbocycles. The minimum absolute atomic E-state index is 0.0117. The molecule has 5 aliphatic heterocycles. The Morgan fingerprint density at radius 3 is 0.794 bits per heavy atom. The lowest BCUT2D eigenvalue weighted by atomic mass is 10.1.